The van der Waals surface area contributed by atoms with Crippen molar-refractivity contribution in [2.45, 2.75) is 11.7 Å². The number of amides is 2. The van der Waals surface area contributed by atoms with Crippen LogP contribution in [0.2, 0.25) is 0 Å². The predicted octanol–water partition coefficient (Wildman–Crippen LogP) is 2.60. The maximum absolute atomic E-state index is 12.2. The number of hydrogen-bond acceptors (Lipinski definition) is 8. The molecule has 170 valence electrons. The summed E-state index contributed by atoms with van der Waals surface area (Å²) in [5, 5.41) is 19.7. The lowest BCUT2D eigenvalue weighted by molar-refractivity contribution is -0.384. The molecule has 2 aromatic carbocycles. The maximum Gasteiger partial charge on any atom is 0.270 e. The molecule has 0 atom stereocenters. The molecule has 2 N–H and O–H groups in total. The molecule has 1 heterocycles. The number of thioether (sulfide) groups is 1. The van der Waals surface area contributed by atoms with Gasteiger partial charge in [-0.2, -0.15) is 0 Å². The lowest BCUT2D eigenvalue weighted by Gasteiger charge is -2.11. The molecule has 2 amide bonds. The van der Waals surface area contributed by atoms with Crippen LogP contribution in [0, 0.1) is 10.1 Å². The molecule has 0 bridgehead atoms. The summed E-state index contributed by atoms with van der Waals surface area (Å²) in [6.45, 7) is 4.17. The molecule has 33 heavy (non-hydrogen) atoms. The number of nitrogens with zero attached hydrogens (tertiary/aromatic N) is 4. The molecule has 1 aromatic heterocycles. The van der Waals surface area contributed by atoms with E-state index in [1.807, 2.05) is 24.3 Å². The predicted molar refractivity (Wildman–Crippen MR) is 122 cm³/mol. The molecule has 3 rings (SSSR count). The van der Waals surface area contributed by atoms with Crippen LogP contribution in [-0.4, -0.2) is 44.4 Å². The fraction of sp³-hybridized carbons (Fsp3) is 0.143. The second-order valence-electron chi connectivity index (χ2n) is 6.50. The van der Waals surface area contributed by atoms with Crippen molar-refractivity contribution in [2.75, 3.05) is 12.9 Å². The number of aromatic nitrogens is 3. The maximum atomic E-state index is 12.2. The van der Waals surface area contributed by atoms with Gasteiger partial charge < -0.3 is 4.74 Å². The van der Waals surface area contributed by atoms with Gasteiger partial charge in [0.25, 0.3) is 11.6 Å². The van der Waals surface area contributed by atoms with Crippen LogP contribution in [0.4, 0.5) is 5.69 Å². The number of carbonyl (C=O) groups excluding carboxylic acids is 2. The Hall–Kier alpha value is -4.19. The molecular weight excluding hydrogens is 448 g/mol. The van der Waals surface area contributed by atoms with Gasteiger partial charge in [0.2, 0.25) is 5.91 Å². The van der Waals surface area contributed by atoms with Crippen molar-refractivity contribution < 1.29 is 19.2 Å². The Morgan fingerprint density at radius 3 is 2.73 bits per heavy atom. The number of benzene rings is 2. The third-order valence-electron chi connectivity index (χ3n) is 4.34. The second-order valence-corrected chi connectivity index (χ2v) is 7.45. The summed E-state index contributed by atoms with van der Waals surface area (Å²) in [5.74, 6) is -0.0325. The van der Waals surface area contributed by atoms with E-state index in [0.29, 0.717) is 23.3 Å². The zero-order valence-corrected chi connectivity index (χ0v) is 18.4. The number of ether oxygens (including phenoxy) is 1. The molecule has 3 aromatic rings. The molecule has 0 radical (unpaired) electrons. The molecular formula is C21H20N6O5S. The number of rotatable bonds is 9. The first-order chi connectivity index (χ1) is 15.9. The first kappa shape index (κ1) is 23.5. The molecule has 0 aliphatic heterocycles. The number of hydrazine groups is 1. The fourth-order valence-electron chi connectivity index (χ4n) is 2.84. The molecule has 0 saturated carbocycles. The third kappa shape index (κ3) is 5.74. The number of methoxy groups -OCH3 is 1. The molecule has 0 fully saturated rings. The van der Waals surface area contributed by atoms with Crippen molar-refractivity contribution in [3.05, 3.63) is 76.9 Å². The number of allylic oxidation sites excluding steroid dienone is 1. The zero-order chi connectivity index (χ0) is 23.8. The summed E-state index contributed by atoms with van der Waals surface area (Å²) in [7, 11) is 1.56. The first-order valence-corrected chi connectivity index (χ1v) is 10.6. The number of para-hydroxylation sites is 1. The number of non-ortho nitro benzene ring substituents is 1. The monoisotopic (exact) mass is 468 g/mol. The number of carbonyl (C=O) groups is 2. The zero-order valence-electron chi connectivity index (χ0n) is 17.6. The van der Waals surface area contributed by atoms with E-state index in [2.05, 4.69) is 27.6 Å². The van der Waals surface area contributed by atoms with Crippen LogP contribution in [0.15, 0.2) is 66.3 Å². The van der Waals surface area contributed by atoms with Crippen molar-refractivity contribution in [1.82, 2.24) is 25.6 Å². The summed E-state index contributed by atoms with van der Waals surface area (Å²) in [4.78, 5) is 34.6. The van der Waals surface area contributed by atoms with Crippen LogP contribution in [0.25, 0.3) is 11.4 Å². The molecule has 0 unspecified atom stereocenters. The summed E-state index contributed by atoms with van der Waals surface area (Å²) in [6, 6.07) is 12.5. The minimum Gasteiger partial charge on any atom is -0.496 e. The number of hydrogen-bond donors (Lipinski definition) is 2. The van der Waals surface area contributed by atoms with Crippen molar-refractivity contribution in [2.24, 2.45) is 0 Å². The fourth-order valence-corrected chi connectivity index (χ4v) is 3.59. The smallest absolute Gasteiger partial charge is 0.270 e. The summed E-state index contributed by atoms with van der Waals surface area (Å²) < 4.78 is 7.19. The third-order valence-corrected chi connectivity index (χ3v) is 5.31. The highest BCUT2D eigenvalue weighted by Gasteiger charge is 2.18. The standard InChI is InChI=1S/C21H20N6O5S/c1-3-11-26-19(16-9-4-5-10-17(16)32-2)23-25-21(26)33-13-18(28)22-24-20(29)14-7-6-8-15(12-14)27(30)31/h3-10,12H,1,11,13H2,2H3,(H,22,28)(H,24,29). The summed E-state index contributed by atoms with van der Waals surface area (Å²) in [6.07, 6.45) is 1.69. The van der Waals surface area contributed by atoms with Crippen LogP contribution < -0.4 is 15.6 Å². The van der Waals surface area contributed by atoms with E-state index in [1.165, 1.54) is 18.2 Å². The highest BCUT2D eigenvalue weighted by molar-refractivity contribution is 7.99. The Morgan fingerprint density at radius 2 is 2.00 bits per heavy atom. The SMILES string of the molecule is C=CCn1c(SCC(=O)NNC(=O)c2cccc([N+](=O)[O-])c2)nnc1-c1ccccc1OC. The van der Waals surface area contributed by atoms with Crippen molar-refractivity contribution >= 4 is 29.3 Å². The first-order valence-electron chi connectivity index (χ1n) is 9.58. The lowest BCUT2D eigenvalue weighted by Crippen LogP contribution is -2.42. The highest BCUT2D eigenvalue weighted by atomic mass is 32.2. The largest absolute Gasteiger partial charge is 0.496 e. The van der Waals surface area contributed by atoms with Crippen LogP contribution in [0.1, 0.15) is 10.4 Å². The van der Waals surface area contributed by atoms with Gasteiger partial charge >= 0.3 is 0 Å². The Kier molecular flexibility index (Phi) is 7.76. The van der Waals surface area contributed by atoms with E-state index in [4.69, 9.17) is 4.74 Å². The number of nitrogens with one attached hydrogen (secondary N) is 2. The van der Waals surface area contributed by atoms with E-state index in [-0.39, 0.29) is 17.0 Å². The minimum atomic E-state index is -0.676. The van der Waals surface area contributed by atoms with Crippen molar-refractivity contribution in [3.63, 3.8) is 0 Å². The van der Waals surface area contributed by atoms with Crippen molar-refractivity contribution in [1.29, 1.82) is 0 Å². The van der Waals surface area contributed by atoms with Crippen LogP contribution in [0.3, 0.4) is 0 Å². The topological polar surface area (TPSA) is 141 Å². The minimum absolute atomic E-state index is 0.0457. The molecule has 0 aliphatic rings. The normalized spacial score (nSPS) is 10.3. The van der Waals surface area contributed by atoms with E-state index in [0.717, 1.165) is 23.4 Å². The second kappa shape index (κ2) is 10.9. The van der Waals surface area contributed by atoms with E-state index in [1.54, 1.807) is 17.8 Å². The van der Waals surface area contributed by atoms with Crippen LogP contribution in [0.5, 0.6) is 5.75 Å². The Labute approximate surface area is 193 Å². The highest BCUT2D eigenvalue weighted by Crippen LogP contribution is 2.30. The van der Waals surface area contributed by atoms with Gasteiger partial charge in [0.1, 0.15) is 5.75 Å². The van der Waals surface area contributed by atoms with Gasteiger partial charge in [0, 0.05) is 24.2 Å². The summed E-state index contributed by atoms with van der Waals surface area (Å²) >= 11 is 1.13. The Balaban J connectivity index is 1.64. The van der Waals surface area contributed by atoms with Gasteiger partial charge in [-0.25, -0.2) is 0 Å². The quantitative estimate of drug-likeness (QED) is 0.211. The Morgan fingerprint density at radius 1 is 1.21 bits per heavy atom. The average Bonchev–Trinajstić information content (AvgIpc) is 3.23. The number of nitro groups is 1. The number of nitro benzene ring substituents is 1. The molecule has 12 heteroatoms. The van der Waals surface area contributed by atoms with E-state index >= 15 is 0 Å². The molecule has 0 saturated heterocycles. The average molecular weight is 468 g/mol. The van der Waals surface area contributed by atoms with Gasteiger partial charge in [-0.15, -0.1) is 16.8 Å². The van der Waals surface area contributed by atoms with Gasteiger partial charge in [0.05, 0.1) is 23.3 Å². The molecule has 11 nitrogen and oxygen atoms in total. The van der Waals surface area contributed by atoms with Crippen LogP contribution >= 0.6 is 11.8 Å². The van der Waals surface area contributed by atoms with E-state index < -0.39 is 16.7 Å². The molecule has 0 spiro atoms. The van der Waals surface area contributed by atoms with Gasteiger partial charge in [0.15, 0.2) is 11.0 Å². The van der Waals surface area contributed by atoms with Crippen molar-refractivity contribution in [3.8, 4) is 17.1 Å². The van der Waals surface area contributed by atoms with E-state index in [9.17, 15) is 19.7 Å². The lowest BCUT2D eigenvalue weighted by atomic mass is 10.2. The van der Waals surface area contributed by atoms with Gasteiger partial charge in [-0.3, -0.25) is 35.1 Å². The molecule has 0 aliphatic carbocycles. The summed E-state index contributed by atoms with van der Waals surface area (Å²) in [5.41, 5.74) is 5.08. The Bertz CT molecular complexity index is 1200. The van der Waals surface area contributed by atoms with Crippen LogP contribution in [-0.2, 0) is 11.3 Å². The van der Waals surface area contributed by atoms with Gasteiger partial charge in [-0.05, 0) is 18.2 Å². The van der Waals surface area contributed by atoms with Gasteiger partial charge in [-0.1, -0.05) is 36.0 Å².